The molecular weight excluding hydrogens is 202 g/mol. The highest BCUT2D eigenvalue weighted by Crippen LogP contribution is 2.10. The lowest BCUT2D eigenvalue weighted by Gasteiger charge is -1.93. The molecule has 0 amide bonds. The zero-order valence-electron chi connectivity index (χ0n) is 8.45. The maximum atomic E-state index is 11.6. The van der Waals surface area contributed by atoms with Crippen LogP contribution in [0.2, 0.25) is 0 Å². The van der Waals surface area contributed by atoms with E-state index in [1.807, 2.05) is 48.5 Å². The maximum absolute atomic E-state index is 11.6. The van der Waals surface area contributed by atoms with E-state index in [9.17, 15) is 5.11 Å². The first kappa shape index (κ1) is 8.91. The summed E-state index contributed by atoms with van der Waals surface area (Å²) in [6, 6.07) is 14.9. The number of hydrogen-bond donors (Lipinski definition) is 0. The van der Waals surface area contributed by atoms with Gasteiger partial charge >= 0.3 is 0 Å². The fourth-order valence-corrected chi connectivity index (χ4v) is 1.71. The molecule has 3 aromatic rings. The Morgan fingerprint density at radius 1 is 1.00 bits per heavy atom. The summed E-state index contributed by atoms with van der Waals surface area (Å²) >= 11 is 0. The summed E-state index contributed by atoms with van der Waals surface area (Å²) in [5, 5.41) is 15.6. The summed E-state index contributed by atoms with van der Waals surface area (Å²) in [7, 11) is 0. The molecule has 0 atom stereocenters. The number of fused-ring (bicyclic) bond motifs is 1. The van der Waals surface area contributed by atoms with Crippen LogP contribution in [0.4, 0.5) is 0 Å². The Balaban J connectivity index is 2.33. The monoisotopic (exact) mass is 211 g/mol. The van der Waals surface area contributed by atoms with Gasteiger partial charge in [-0.2, -0.15) is 0 Å². The zero-order valence-corrected chi connectivity index (χ0v) is 8.45. The number of aromatic nitrogens is 3. The third-order valence-electron chi connectivity index (χ3n) is 2.45. The largest absolute Gasteiger partial charge is 0.817 e. The second-order valence-electron chi connectivity index (χ2n) is 3.46. The number of rotatable bonds is 1. The Hall–Kier alpha value is -2.36. The van der Waals surface area contributed by atoms with Crippen LogP contribution in [0.25, 0.3) is 11.3 Å². The van der Waals surface area contributed by atoms with Crippen molar-refractivity contribution in [3.63, 3.8) is 0 Å². The first-order chi connectivity index (χ1) is 7.86. The van der Waals surface area contributed by atoms with Gasteiger partial charge in [-0.15, -0.1) is 0 Å². The molecule has 0 saturated carbocycles. The Morgan fingerprint density at radius 2 is 1.75 bits per heavy atom. The molecule has 0 unspecified atom stereocenters. The van der Waals surface area contributed by atoms with Gasteiger partial charge in [0.25, 0.3) is 5.65 Å². The topological polar surface area (TPSA) is 45.0 Å². The molecule has 2 heterocycles. The number of benzene rings is 1. The van der Waals surface area contributed by atoms with Crippen molar-refractivity contribution in [3.8, 4) is 11.7 Å². The molecule has 4 heteroatoms. The summed E-state index contributed by atoms with van der Waals surface area (Å²) in [6.07, 6.45) is 1.71. The third-order valence-corrected chi connectivity index (χ3v) is 2.45. The van der Waals surface area contributed by atoms with Gasteiger partial charge in [0.15, 0.2) is 0 Å². The van der Waals surface area contributed by atoms with Crippen LogP contribution in [0.1, 0.15) is 0 Å². The predicted octanol–water partition coefficient (Wildman–Crippen LogP) is 0.685. The summed E-state index contributed by atoms with van der Waals surface area (Å²) < 4.78 is 3.16. The minimum absolute atomic E-state index is 0.264. The van der Waals surface area contributed by atoms with Crippen molar-refractivity contribution < 1.29 is 9.51 Å². The summed E-state index contributed by atoms with van der Waals surface area (Å²) in [6.45, 7) is 0. The van der Waals surface area contributed by atoms with Gasteiger partial charge in [-0.1, -0.05) is 28.9 Å². The second kappa shape index (κ2) is 3.34. The summed E-state index contributed by atoms with van der Waals surface area (Å²) in [5.41, 5.74) is 1.65. The Bertz CT molecular complexity index is 631. The Kier molecular flexibility index (Phi) is 1.86. The predicted molar refractivity (Wildman–Crippen MR) is 56.2 cm³/mol. The molecule has 0 saturated heterocycles. The van der Waals surface area contributed by atoms with Gasteiger partial charge in [0.2, 0.25) is 6.01 Å². The molecule has 16 heavy (non-hydrogen) atoms. The van der Waals surface area contributed by atoms with Crippen molar-refractivity contribution in [2.75, 3.05) is 0 Å². The van der Waals surface area contributed by atoms with Crippen LogP contribution in [-0.4, -0.2) is 9.78 Å². The van der Waals surface area contributed by atoms with E-state index in [0.717, 1.165) is 11.3 Å². The van der Waals surface area contributed by atoms with Crippen LogP contribution in [0, 0.1) is 0 Å². The van der Waals surface area contributed by atoms with E-state index in [0.29, 0.717) is 0 Å². The van der Waals surface area contributed by atoms with E-state index in [4.69, 9.17) is 0 Å². The molecule has 4 nitrogen and oxygen atoms in total. The molecule has 0 aliphatic heterocycles. The highest BCUT2D eigenvalue weighted by atomic mass is 16.3. The molecule has 0 aliphatic carbocycles. The minimum Gasteiger partial charge on any atom is -0.817 e. The van der Waals surface area contributed by atoms with Crippen LogP contribution in [0.5, 0.6) is 6.01 Å². The van der Waals surface area contributed by atoms with Gasteiger partial charge in [-0.25, -0.2) is 4.40 Å². The fraction of sp³-hybridized carbons (Fsp3) is 0. The van der Waals surface area contributed by atoms with E-state index in [-0.39, 0.29) is 6.01 Å². The van der Waals surface area contributed by atoms with Crippen molar-refractivity contribution in [2.45, 2.75) is 0 Å². The molecule has 78 valence electrons. The van der Waals surface area contributed by atoms with Gasteiger partial charge in [-0.3, -0.25) is 0 Å². The molecule has 0 N–H and O–H groups in total. The van der Waals surface area contributed by atoms with Crippen LogP contribution in [0.15, 0.2) is 54.7 Å². The normalized spacial score (nSPS) is 10.8. The van der Waals surface area contributed by atoms with E-state index >= 15 is 0 Å². The van der Waals surface area contributed by atoms with Crippen LogP contribution < -0.4 is 9.51 Å². The second-order valence-corrected chi connectivity index (χ2v) is 3.46. The van der Waals surface area contributed by atoms with Crippen LogP contribution in [-0.2, 0) is 0 Å². The third kappa shape index (κ3) is 1.24. The summed E-state index contributed by atoms with van der Waals surface area (Å²) in [5.74, 6) is 0. The van der Waals surface area contributed by atoms with Crippen molar-refractivity contribution >= 4 is 5.65 Å². The van der Waals surface area contributed by atoms with Gasteiger partial charge in [0, 0.05) is 11.2 Å². The average Bonchev–Trinajstić information content (AvgIpc) is 2.69. The van der Waals surface area contributed by atoms with Gasteiger partial charge in [-0.05, 0) is 18.2 Å². The quantitative estimate of drug-likeness (QED) is 0.556. The standard InChI is InChI=1S/C12H9N3O/c16-12-13-15(10-6-2-1-3-7-10)11-8-4-5-9-14(11)12/h1-9H. The highest BCUT2D eigenvalue weighted by Gasteiger charge is 2.13. The molecular formula is C12H9N3O. The Labute approximate surface area is 92.0 Å². The molecule has 0 radical (unpaired) electrons. The number of nitrogens with zero attached hydrogens (tertiary/aromatic N) is 3. The minimum atomic E-state index is -0.264. The van der Waals surface area contributed by atoms with Crippen molar-refractivity contribution in [1.29, 1.82) is 0 Å². The van der Waals surface area contributed by atoms with Gasteiger partial charge < -0.3 is 5.11 Å². The molecule has 0 fully saturated rings. The summed E-state index contributed by atoms with van der Waals surface area (Å²) in [4.78, 5) is 0. The first-order valence-electron chi connectivity index (χ1n) is 4.98. The smallest absolute Gasteiger partial charge is 0.270 e. The average molecular weight is 211 g/mol. The van der Waals surface area contributed by atoms with Crippen molar-refractivity contribution in [2.24, 2.45) is 0 Å². The number of para-hydroxylation sites is 1. The molecule has 3 rings (SSSR count). The SMILES string of the molecule is [O-]c1nn(-c2ccccc2)c2cccc[n+]12. The van der Waals surface area contributed by atoms with E-state index in [2.05, 4.69) is 5.10 Å². The lowest BCUT2D eigenvalue weighted by molar-refractivity contribution is -0.586. The lowest BCUT2D eigenvalue weighted by Crippen LogP contribution is -2.23. The fourth-order valence-electron chi connectivity index (χ4n) is 1.71. The number of hydrogen-bond acceptors (Lipinski definition) is 2. The molecule has 2 aromatic heterocycles. The lowest BCUT2D eigenvalue weighted by atomic mass is 10.3. The van der Waals surface area contributed by atoms with E-state index < -0.39 is 0 Å². The van der Waals surface area contributed by atoms with Gasteiger partial charge in [0.05, 0.1) is 6.20 Å². The van der Waals surface area contributed by atoms with E-state index in [1.54, 1.807) is 10.9 Å². The number of pyridine rings is 1. The van der Waals surface area contributed by atoms with Crippen LogP contribution >= 0.6 is 0 Å². The van der Waals surface area contributed by atoms with Crippen molar-refractivity contribution in [1.82, 2.24) is 9.78 Å². The Morgan fingerprint density at radius 3 is 2.56 bits per heavy atom. The first-order valence-corrected chi connectivity index (χ1v) is 4.98. The molecule has 0 bridgehead atoms. The molecule has 0 aliphatic rings. The van der Waals surface area contributed by atoms with Gasteiger partial charge in [0.1, 0.15) is 5.69 Å². The molecule has 0 spiro atoms. The van der Waals surface area contributed by atoms with E-state index in [1.165, 1.54) is 4.40 Å². The highest BCUT2D eigenvalue weighted by molar-refractivity contribution is 5.41. The van der Waals surface area contributed by atoms with Crippen molar-refractivity contribution in [3.05, 3.63) is 54.7 Å². The van der Waals surface area contributed by atoms with Crippen LogP contribution in [0.3, 0.4) is 0 Å². The molecule has 1 aromatic carbocycles. The zero-order chi connectivity index (χ0) is 11.0. The maximum Gasteiger partial charge on any atom is 0.270 e.